The second-order valence-corrected chi connectivity index (χ2v) is 6.03. The molecular weight excluding hydrogens is 259 g/mol. The van der Waals surface area contributed by atoms with E-state index in [9.17, 15) is 14.3 Å². The van der Waals surface area contributed by atoms with E-state index in [0.29, 0.717) is 24.7 Å². The fourth-order valence-corrected chi connectivity index (χ4v) is 2.84. The molecule has 0 atom stereocenters. The number of carbonyl (C=O) groups is 1. The maximum absolute atomic E-state index is 13.1. The summed E-state index contributed by atoms with van der Waals surface area (Å²) in [7, 11) is 0. The lowest BCUT2D eigenvalue weighted by molar-refractivity contribution is -0.132. The number of carbonyl (C=O) groups excluding carboxylic acids is 1. The molecule has 1 aliphatic carbocycles. The van der Waals surface area contributed by atoms with Gasteiger partial charge in [-0.05, 0) is 43.4 Å². The van der Waals surface area contributed by atoms with Crippen LogP contribution in [0.1, 0.15) is 18.4 Å². The molecule has 0 spiro atoms. The number of rotatable bonds is 4. The van der Waals surface area contributed by atoms with Crippen LogP contribution in [-0.4, -0.2) is 41.1 Å². The Kier molecular flexibility index (Phi) is 3.26. The van der Waals surface area contributed by atoms with Gasteiger partial charge in [0.15, 0.2) is 0 Å². The first-order valence-corrected chi connectivity index (χ1v) is 6.97. The molecule has 1 saturated heterocycles. The highest BCUT2D eigenvalue weighted by Gasteiger charge is 2.51. The van der Waals surface area contributed by atoms with E-state index < -0.39 is 5.60 Å². The molecule has 1 saturated carbocycles. The summed E-state index contributed by atoms with van der Waals surface area (Å²) in [5.74, 6) is -0.109. The second-order valence-electron chi connectivity index (χ2n) is 6.03. The third-order valence-electron chi connectivity index (χ3n) is 4.17. The summed E-state index contributed by atoms with van der Waals surface area (Å²) in [4.78, 5) is 13.8. The van der Waals surface area contributed by atoms with Gasteiger partial charge in [0.1, 0.15) is 5.82 Å². The van der Waals surface area contributed by atoms with Gasteiger partial charge < -0.3 is 10.4 Å². The zero-order valence-electron chi connectivity index (χ0n) is 11.5. The van der Waals surface area contributed by atoms with E-state index >= 15 is 0 Å². The largest absolute Gasteiger partial charge is 0.387 e. The maximum atomic E-state index is 13.1. The van der Waals surface area contributed by atoms with Gasteiger partial charge in [-0.3, -0.25) is 9.69 Å². The van der Waals surface area contributed by atoms with Crippen LogP contribution >= 0.6 is 0 Å². The van der Waals surface area contributed by atoms with Gasteiger partial charge in [0.25, 0.3) is 0 Å². The molecule has 0 radical (unpaired) electrons. The first-order chi connectivity index (χ1) is 9.46. The number of β-amino-alcohol motifs (C(OH)–C–C–N with tert-alkyl or cyclic N) is 1. The summed E-state index contributed by atoms with van der Waals surface area (Å²) >= 11 is 0. The van der Waals surface area contributed by atoms with Crippen LogP contribution in [0.2, 0.25) is 0 Å². The number of aliphatic hydroxyl groups is 1. The minimum absolute atomic E-state index is 0.170. The van der Waals surface area contributed by atoms with Gasteiger partial charge in [-0.2, -0.15) is 0 Å². The maximum Gasteiger partial charge on any atom is 0.238 e. The van der Waals surface area contributed by atoms with Gasteiger partial charge >= 0.3 is 0 Å². The highest BCUT2D eigenvalue weighted by Crippen LogP contribution is 2.44. The minimum Gasteiger partial charge on any atom is -0.387 e. The number of aryl methyl sites for hydroxylation is 1. The van der Waals surface area contributed by atoms with E-state index in [4.69, 9.17) is 0 Å². The van der Waals surface area contributed by atoms with Crippen LogP contribution < -0.4 is 5.32 Å². The lowest BCUT2D eigenvalue weighted by Gasteiger charge is -2.46. The van der Waals surface area contributed by atoms with Crippen molar-refractivity contribution < 1.29 is 14.3 Å². The molecule has 20 heavy (non-hydrogen) atoms. The Bertz CT molecular complexity index is 537. The van der Waals surface area contributed by atoms with Crippen LogP contribution in [-0.2, 0) is 4.79 Å². The molecule has 0 unspecified atom stereocenters. The number of nitrogens with zero attached hydrogens (tertiary/aromatic N) is 1. The summed E-state index contributed by atoms with van der Waals surface area (Å²) in [5, 5.41) is 12.9. The molecule has 3 rings (SSSR count). The molecule has 1 aliphatic heterocycles. The second kappa shape index (κ2) is 4.82. The number of hydrogen-bond acceptors (Lipinski definition) is 3. The Morgan fingerprint density at radius 3 is 2.85 bits per heavy atom. The fourth-order valence-electron chi connectivity index (χ4n) is 2.84. The highest BCUT2D eigenvalue weighted by atomic mass is 19.1. The van der Waals surface area contributed by atoms with Crippen molar-refractivity contribution in [2.24, 2.45) is 5.92 Å². The standard InChI is InChI=1S/C15H19FN2O2/c1-10-2-5-12(16)6-13(10)17-14(19)7-18-8-15(20,9-18)11-3-4-11/h2,5-6,11,20H,3-4,7-9H2,1H3,(H,17,19). The number of benzene rings is 1. The van der Waals surface area contributed by atoms with E-state index in [-0.39, 0.29) is 18.3 Å². The first kappa shape index (κ1) is 13.5. The number of amides is 1. The van der Waals surface area contributed by atoms with Crippen molar-refractivity contribution in [1.82, 2.24) is 4.90 Å². The zero-order valence-corrected chi connectivity index (χ0v) is 11.5. The van der Waals surface area contributed by atoms with Gasteiger partial charge in [-0.15, -0.1) is 0 Å². The number of hydrogen-bond donors (Lipinski definition) is 2. The van der Waals surface area contributed by atoms with Crippen LogP contribution in [0, 0.1) is 18.7 Å². The fraction of sp³-hybridized carbons (Fsp3) is 0.533. The van der Waals surface area contributed by atoms with Gasteiger partial charge in [0, 0.05) is 18.8 Å². The molecule has 4 nitrogen and oxygen atoms in total. The lowest BCUT2D eigenvalue weighted by Crippen LogP contribution is -2.64. The molecule has 1 amide bonds. The van der Waals surface area contributed by atoms with E-state index in [2.05, 4.69) is 5.32 Å². The lowest BCUT2D eigenvalue weighted by atomic mass is 9.89. The van der Waals surface area contributed by atoms with Gasteiger partial charge in [-0.25, -0.2) is 4.39 Å². The van der Waals surface area contributed by atoms with Crippen molar-refractivity contribution in [3.63, 3.8) is 0 Å². The molecule has 108 valence electrons. The topological polar surface area (TPSA) is 52.6 Å². The molecule has 2 aliphatic rings. The van der Waals surface area contributed by atoms with E-state index in [1.165, 1.54) is 12.1 Å². The third-order valence-corrected chi connectivity index (χ3v) is 4.17. The molecule has 1 aromatic carbocycles. The number of likely N-dealkylation sites (tertiary alicyclic amines) is 1. The quantitative estimate of drug-likeness (QED) is 0.878. The molecule has 2 fully saturated rings. The van der Waals surface area contributed by atoms with Crippen LogP contribution in [0.3, 0.4) is 0 Å². The first-order valence-electron chi connectivity index (χ1n) is 6.97. The molecule has 1 heterocycles. The van der Waals surface area contributed by atoms with E-state index in [0.717, 1.165) is 18.4 Å². The van der Waals surface area contributed by atoms with Crippen molar-refractivity contribution in [3.8, 4) is 0 Å². The molecule has 2 N–H and O–H groups in total. The average molecular weight is 278 g/mol. The van der Waals surface area contributed by atoms with Gasteiger partial charge in [0.2, 0.25) is 5.91 Å². The Hall–Kier alpha value is -1.46. The summed E-state index contributed by atoms with van der Waals surface area (Å²) in [6, 6.07) is 4.33. The Balaban J connectivity index is 1.52. The predicted molar refractivity (Wildman–Crippen MR) is 73.9 cm³/mol. The predicted octanol–water partition coefficient (Wildman–Crippen LogP) is 1.53. The number of nitrogens with one attached hydrogen (secondary N) is 1. The zero-order chi connectivity index (χ0) is 14.3. The van der Waals surface area contributed by atoms with Gasteiger partial charge in [0.05, 0.1) is 12.1 Å². The Morgan fingerprint density at radius 1 is 1.50 bits per heavy atom. The SMILES string of the molecule is Cc1ccc(F)cc1NC(=O)CN1CC(O)(C2CC2)C1. The van der Waals surface area contributed by atoms with Crippen molar-refractivity contribution in [2.45, 2.75) is 25.4 Å². The molecular formula is C15H19FN2O2. The van der Waals surface area contributed by atoms with Crippen LogP contribution in [0.4, 0.5) is 10.1 Å². The summed E-state index contributed by atoms with van der Waals surface area (Å²) in [6.45, 7) is 3.19. The summed E-state index contributed by atoms with van der Waals surface area (Å²) in [6.07, 6.45) is 2.19. The van der Waals surface area contributed by atoms with Crippen LogP contribution in [0.5, 0.6) is 0 Å². The average Bonchev–Trinajstić information content (AvgIpc) is 3.16. The highest BCUT2D eigenvalue weighted by molar-refractivity contribution is 5.93. The van der Waals surface area contributed by atoms with Crippen molar-refractivity contribution in [1.29, 1.82) is 0 Å². The normalized spacial score (nSPS) is 21.4. The molecule has 0 bridgehead atoms. The minimum atomic E-state index is -0.574. The van der Waals surface area contributed by atoms with Crippen LogP contribution in [0.15, 0.2) is 18.2 Å². The smallest absolute Gasteiger partial charge is 0.238 e. The van der Waals surface area contributed by atoms with Crippen molar-refractivity contribution >= 4 is 11.6 Å². The van der Waals surface area contributed by atoms with E-state index in [1.54, 1.807) is 6.07 Å². The summed E-state index contributed by atoms with van der Waals surface area (Å²) < 4.78 is 13.1. The number of halogens is 1. The van der Waals surface area contributed by atoms with E-state index in [1.807, 2.05) is 11.8 Å². The summed E-state index contributed by atoms with van der Waals surface area (Å²) in [5.41, 5.74) is 0.764. The Morgan fingerprint density at radius 2 is 2.20 bits per heavy atom. The Labute approximate surface area is 117 Å². The van der Waals surface area contributed by atoms with Gasteiger partial charge in [-0.1, -0.05) is 6.07 Å². The molecule has 1 aromatic rings. The van der Waals surface area contributed by atoms with Crippen LogP contribution in [0.25, 0.3) is 0 Å². The third kappa shape index (κ3) is 2.69. The number of anilines is 1. The van der Waals surface area contributed by atoms with Crippen molar-refractivity contribution in [3.05, 3.63) is 29.6 Å². The monoisotopic (exact) mass is 278 g/mol. The molecule has 5 heteroatoms. The molecule has 0 aromatic heterocycles. The van der Waals surface area contributed by atoms with Crippen molar-refractivity contribution in [2.75, 3.05) is 25.0 Å².